The van der Waals surface area contributed by atoms with Crippen LogP contribution in [0.2, 0.25) is 0 Å². The lowest BCUT2D eigenvalue weighted by atomic mass is 10.1. The number of rotatable bonds is 5. The van der Waals surface area contributed by atoms with Crippen LogP contribution in [-0.4, -0.2) is 44.0 Å². The minimum absolute atomic E-state index is 0.0801. The van der Waals surface area contributed by atoms with E-state index in [2.05, 4.69) is 10.6 Å². The first-order chi connectivity index (χ1) is 10.3. The molecule has 1 aliphatic heterocycles. The second-order valence-electron chi connectivity index (χ2n) is 5.70. The SMILES string of the molecule is CC(=O)Nc1ccc(CNC2CCN(S(C)(=O)=O)CC2)cc1. The van der Waals surface area contributed by atoms with Gasteiger partial charge >= 0.3 is 0 Å². The summed E-state index contributed by atoms with van der Waals surface area (Å²) in [6.07, 6.45) is 2.92. The Bertz CT molecular complexity index is 605. The maximum Gasteiger partial charge on any atom is 0.221 e. The molecule has 1 aromatic carbocycles. The fraction of sp³-hybridized carbons (Fsp3) is 0.533. The maximum absolute atomic E-state index is 11.5. The average Bonchev–Trinajstić information content (AvgIpc) is 2.45. The number of sulfonamides is 1. The van der Waals surface area contributed by atoms with Gasteiger partial charge in [0.05, 0.1) is 6.26 Å². The molecule has 0 unspecified atom stereocenters. The Morgan fingerprint density at radius 1 is 1.23 bits per heavy atom. The van der Waals surface area contributed by atoms with Gasteiger partial charge in [-0.25, -0.2) is 12.7 Å². The van der Waals surface area contributed by atoms with Gasteiger partial charge in [-0.3, -0.25) is 4.79 Å². The minimum atomic E-state index is -3.06. The summed E-state index contributed by atoms with van der Waals surface area (Å²) >= 11 is 0. The number of benzene rings is 1. The van der Waals surface area contributed by atoms with Crippen LogP contribution in [-0.2, 0) is 21.4 Å². The first kappa shape index (κ1) is 16.9. The Hall–Kier alpha value is -1.44. The molecule has 0 aliphatic carbocycles. The fourth-order valence-corrected chi connectivity index (χ4v) is 3.44. The van der Waals surface area contributed by atoms with Crippen molar-refractivity contribution in [2.75, 3.05) is 24.7 Å². The van der Waals surface area contributed by atoms with Gasteiger partial charge in [0, 0.05) is 38.3 Å². The number of carbonyl (C=O) groups excluding carboxylic acids is 1. The molecule has 0 spiro atoms. The first-order valence-electron chi connectivity index (χ1n) is 7.39. The summed E-state index contributed by atoms with van der Waals surface area (Å²) in [6.45, 7) is 3.39. The van der Waals surface area contributed by atoms with E-state index in [1.807, 2.05) is 24.3 Å². The zero-order chi connectivity index (χ0) is 16.2. The molecule has 7 heteroatoms. The number of carbonyl (C=O) groups is 1. The molecular weight excluding hydrogens is 302 g/mol. The predicted octanol–water partition coefficient (Wildman–Crippen LogP) is 1.16. The molecule has 1 fully saturated rings. The van der Waals surface area contributed by atoms with Crippen LogP contribution in [0.4, 0.5) is 5.69 Å². The molecule has 122 valence electrons. The van der Waals surface area contributed by atoms with Gasteiger partial charge in [-0.15, -0.1) is 0 Å². The first-order valence-corrected chi connectivity index (χ1v) is 9.24. The molecule has 1 heterocycles. The molecule has 0 bridgehead atoms. The highest BCUT2D eigenvalue weighted by molar-refractivity contribution is 7.88. The van der Waals surface area contributed by atoms with E-state index in [4.69, 9.17) is 0 Å². The summed E-state index contributed by atoms with van der Waals surface area (Å²) < 4.78 is 24.4. The van der Waals surface area contributed by atoms with E-state index in [0.29, 0.717) is 19.1 Å². The van der Waals surface area contributed by atoms with Crippen molar-refractivity contribution in [3.05, 3.63) is 29.8 Å². The predicted molar refractivity (Wildman–Crippen MR) is 87.0 cm³/mol. The van der Waals surface area contributed by atoms with Crippen molar-refractivity contribution in [3.8, 4) is 0 Å². The number of anilines is 1. The fourth-order valence-electron chi connectivity index (χ4n) is 2.56. The lowest BCUT2D eigenvalue weighted by Crippen LogP contribution is -2.44. The van der Waals surface area contributed by atoms with E-state index in [1.54, 1.807) is 0 Å². The molecule has 22 heavy (non-hydrogen) atoms. The molecule has 0 saturated carbocycles. The highest BCUT2D eigenvalue weighted by atomic mass is 32.2. The lowest BCUT2D eigenvalue weighted by molar-refractivity contribution is -0.114. The quantitative estimate of drug-likeness (QED) is 0.851. The van der Waals surface area contributed by atoms with Crippen molar-refractivity contribution in [1.82, 2.24) is 9.62 Å². The largest absolute Gasteiger partial charge is 0.326 e. The van der Waals surface area contributed by atoms with Crippen molar-refractivity contribution in [2.24, 2.45) is 0 Å². The smallest absolute Gasteiger partial charge is 0.221 e. The highest BCUT2D eigenvalue weighted by Gasteiger charge is 2.24. The van der Waals surface area contributed by atoms with Gasteiger partial charge in [0.25, 0.3) is 0 Å². The Labute approximate surface area is 131 Å². The third-order valence-corrected chi connectivity index (χ3v) is 5.10. The van der Waals surface area contributed by atoms with Crippen LogP contribution >= 0.6 is 0 Å². The molecule has 1 aromatic rings. The average molecular weight is 325 g/mol. The zero-order valence-corrected chi connectivity index (χ0v) is 13.8. The molecule has 6 nitrogen and oxygen atoms in total. The van der Waals surface area contributed by atoms with Crippen LogP contribution in [0.25, 0.3) is 0 Å². The Kier molecular flexibility index (Phi) is 5.55. The van der Waals surface area contributed by atoms with Crippen molar-refractivity contribution in [2.45, 2.75) is 32.4 Å². The van der Waals surface area contributed by atoms with Gasteiger partial charge < -0.3 is 10.6 Å². The normalized spacial score (nSPS) is 17.4. The number of nitrogens with zero attached hydrogens (tertiary/aromatic N) is 1. The van der Waals surface area contributed by atoms with Crippen molar-refractivity contribution >= 4 is 21.6 Å². The Morgan fingerprint density at radius 3 is 2.32 bits per heavy atom. The van der Waals surface area contributed by atoms with Crippen LogP contribution in [0.5, 0.6) is 0 Å². The van der Waals surface area contributed by atoms with Crippen molar-refractivity contribution in [1.29, 1.82) is 0 Å². The van der Waals surface area contributed by atoms with Crippen molar-refractivity contribution in [3.63, 3.8) is 0 Å². The molecule has 1 amide bonds. The van der Waals surface area contributed by atoms with Gasteiger partial charge in [-0.2, -0.15) is 0 Å². The van der Waals surface area contributed by atoms with E-state index in [0.717, 1.165) is 30.6 Å². The lowest BCUT2D eigenvalue weighted by Gasteiger charge is -2.30. The summed E-state index contributed by atoms with van der Waals surface area (Å²) in [7, 11) is -3.06. The van der Waals surface area contributed by atoms with Gasteiger partial charge in [0.15, 0.2) is 0 Å². The number of hydrogen-bond acceptors (Lipinski definition) is 4. The third kappa shape index (κ3) is 5.08. The van der Waals surface area contributed by atoms with Crippen LogP contribution < -0.4 is 10.6 Å². The second kappa shape index (κ2) is 7.21. The van der Waals surface area contributed by atoms with E-state index in [-0.39, 0.29) is 5.91 Å². The minimum Gasteiger partial charge on any atom is -0.326 e. The van der Waals surface area contributed by atoms with Gasteiger partial charge in [-0.05, 0) is 30.5 Å². The van der Waals surface area contributed by atoms with Crippen LogP contribution in [0.15, 0.2) is 24.3 Å². The highest BCUT2D eigenvalue weighted by Crippen LogP contribution is 2.14. The van der Waals surface area contributed by atoms with Gasteiger partial charge in [0.2, 0.25) is 15.9 Å². The molecule has 0 radical (unpaired) electrons. The third-order valence-electron chi connectivity index (χ3n) is 3.79. The molecular formula is C15H23N3O3S. The van der Waals surface area contributed by atoms with E-state index in [1.165, 1.54) is 17.5 Å². The van der Waals surface area contributed by atoms with Gasteiger partial charge in [-0.1, -0.05) is 12.1 Å². The monoisotopic (exact) mass is 325 g/mol. The van der Waals surface area contributed by atoms with E-state index < -0.39 is 10.0 Å². The summed E-state index contributed by atoms with van der Waals surface area (Å²) in [4.78, 5) is 11.0. The molecule has 2 rings (SSSR count). The maximum atomic E-state index is 11.5. The molecule has 2 N–H and O–H groups in total. The van der Waals surface area contributed by atoms with E-state index in [9.17, 15) is 13.2 Å². The summed E-state index contributed by atoms with van der Waals surface area (Å²) in [6, 6.07) is 8.05. The topological polar surface area (TPSA) is 78.5 Å². The molecule has 1 aliphatic rings. The Morgan fingerprint density at radius 2 is 1.82 bits per heavy atom. The standard InChI is InChI=1S/C15H23N3O3S/c1-12(19)17-15-5-3-13(4-6-15)11-16-14-7-9-18(10-8-14)22(2,20)21/h3-6,14,16H,7-11H2,1-2H3,(H,17,19). The number of hydrogen-bond donors (Lipinski definition) is 2. The van der Waals surface area contributed by atoms with E-state index >= 15 is 0 Å². The summed E-state index contributed by atoms with van der Waals surface area (Å²) in [5, 5.41) is 6.20. The number of amides is 1. The molecule has 0 aromatic heterocycles. The second-order valence-corrected chi connectivity index (χ2v) is 7.68. The molecule has 1 saturated heterocycles. The van der Waals surface area contributed by atoms with Crippen LogP contribution in [0.3, 0.4) is 0 Å². The number of nitrogens with one attached hydrogen (secondary N) is 2. The van der Waals surface area contributed by atoms with Crippen LogP contribution in [0.1, 0.15) is 25.3 Å². The summed E-state index contributed by atoms with van der Waals surface area (Å²) in [5.41, 5.74) is 1.93. The summed E-state index contributed by atoms with van der Waals surface area (Å²) in [5.74, 6) is -0.0801. The molecule has 0 atom stereocenters. The number of piperidine rings is 1. The van der Waals surface area contributed by atoms with Crippen LogP contribution in [0, 0.1) is 0 Å². The zero-order valence-electron chi connectivity index (χ0n) is 13.0. The van der Waals surface area contributed by atoms with Gasteiger partial charge in [0.1, 0.15) is 0 Å². The van der Waals surface area contributed by atoms with Crippen molar-refractivity contribution < 1.29 is 13.2 Å². The Balaban J connectivity index is 1.78.